The van der Waals surface area contributed by atoms with Crippen molar-refractivity contribution in [3.05, 3.63) is 29.8 Å². The number of rotatable bonds is 7. The summed E-state index contributed by atoms with van der Waals surface area (Å²) in [6.07, 6.45) is 0.0606. The Balaban J connectivity index is 2.27. The molecule has 25 heavy (non-hydrogen) atoms. The molecule has 2 rings (SSSR count). The lowest BCUT2D eigenvalue weighted by molar-refractivity contribution is -0.160. The molecule has 1 atom stereocenters. The van der Waals surface area contributed by atoms with Crippen LogP contribution in [0.2, 0.25) is 0 Å². The van der Waals surface area contributed by atoms with Crippen LogP contribution in [0.3, 0.4) is 0 Å². The fourth-order valence-corrected chi connectivity index (χ4v) is 3.00. The smallest absolute Gasteiger partial charge is 0.353 e. The quantitative estimate of drug-likeness (QED) is 0.809. The van der Waals surface area contributed by atoms with Gasteiger partial charge in [-0.1, -0.05) is 12.1 Å². The Kier molecular flexibility index (Phi) is 5.62. The van der Waals surface area contributed by atoms with E-state index in [-0.39, 0.29) is 38.5 Å². The fourth-order valence-electron chi connectivity index (χ4n) is 3.00. The predicted octanol–water partition coefficient (Wildman–Crippen LogP) is 2.13. The number of ether oxygens (including phenoxy) is 2. The van der Waals surface area contributed by atoms with E-state index >= 15 is 0 Å². The van der Waals surface area contributed by atoms with Crippen molar-refractivity contribution in [1.82, 2.24) is 4.90 Å². The Morgan fingerprint density at radius 2 is 2.04 bits per heavy atom. The fraction of sp³-hybridized carbons (Fsp3) is 0.529. The molecule has 0 aromatic heterocycles. The summed E-state index contributed by atoms with van der Waals surface area (Å²) in [5.74, 6) is -6.47. The van der Waals surface area contributed by atoms with Gasteiger partial charge in [0.05, 0.1) is 18.8 Å². The Hall–Kier alpha value is -2.22. The summed E-state index contributed by atoms with van der Waals surface area (Å²) in [5.41, 5.74) is -1.89. The number of methoxy groups -OCH3 is 1. The third kappa shape index (κ3) is 3.58. The van der Waals surface area contributed by atoms with E-state index in [1.165, 1.54) is 19.2 Å². The van der Waals surface area contributed by atoms with Gasteiger partial charge in [0.25, 0.3) is 5.91 Å². The minimum Gasteiger partial charge on any atom is -0.493 e. The Labute approximate surface area is 144 Å². The molecule has 0 aliphatic carbocycles. The van der Waals surface area contributed by atoms with Crippen LogP contribution in [0.5, 0.6) is 5.75 Å². The maximum absolute atomic E-state index is 14.8. The summed E-state index contributed by atoms with van der Waals surface area (Å²) < 4.78 is 39.7. The zero-order valence-electron chi connectivity index (χ0n) is 14.1. The van der Waals surface area contributed by atoms with Gasteiger partial charge in [0.2, 0.25) is 0 Å². The second kappa shape index (κ2) is 7.35. The number of likely N-dealkylation sites (tertiary alicyclic amines) is 1. The van der Waals surface area contributed by atoms with Crippen molar-refractivity contribution in [2.75, 3.05) is 33.4 Å². The van der Waals surface area contributed by atoms with Crippen molar-refractivity contribution in [2.24, 2.45) is 5.41 Å². The number of carbonyl (C=O) groups excluding carboxylic acids is 1. The molecule has 0 saturated carbocycles. The number of hydrogen-bond donors (Lipinski definition) is 1. The minimum absolute atomic E-state index is 0.0606. The average molecular weight is 357 g/mol. The SMILES string of the molecule is CCOc1ccccc1C(F)(F)C(=O)N1CCC(COC)(C(=O)O)C1. The monoisotopic (exact) mass is 357 g/mol. The van der Waals surface area contributed by atoms with Crippen LogP contribution in [-0.4, -0.2) is 55.3 Å². The first kappa shape index (κ1) is 19.1. The molecule has 0 bridgehead atoms. The van der Waals surface area contributed by atoms with Crippen molar-refractivity contribution in [1.29, 1.82) is 0 Å². The summed E-state index contributed by atoms with van der Waals surface area (Å²) in [6.45, 7) is 1.31. The number of carboxylic acid groups (broad SMARTS) is 1. The van der Waals surface area contributed by atoms with Crippen molar-refractivity contribution in [3.63, 3.8) is 0 Å². The minimum atomic E-state index is -3.81. The summed E-state index contributed by atoms with van der Waals surface area (Å²) in [6, 6.07) is 5.45. The molecule has 8 heteroatoms. The normalized spacial score (nSPS) is 20.6. The molecule has 1 unspecified atom stereocenters. The maximum atomic E-state index is 14.8. The molecule has 1 fully saturated rings. The van der Waals surface area contributed by atoms with E-state index in [2.05, 4.69) is 0 Å². The molecule has 1 aromatic rings. The molecular weight excluding hydrogens is 336 g/mol. The second-order valence-corrected chi connectivity index (χ2v) is 6.00. The number of amides is 1. The standard InChI is InChI=1S/C17H21F2NO5/c1-3-25-13-7-5-4-6-12(13)17(18,19)14(21)20-9-8-16(10-20,11-24-2)15(22)23/h4-7H,3,8-11H2,1-2H3,(H,22,23). The van der Waals surface area contributed by atoms with Crippen molar-refractivity contribution in [3.8, 4) is 5.75 Å². The van der Waals surface area contributed by atoms with Crippen molar-refractivity contribution >= 4 is 11.9 Å². The Bertz CT molecular complexity index is 652. The van der Waals surface area contributed by atoms with Crippen LogP contribution in [0.15, 0.2) is 24.3 Å². The molecule has 1 amide bonds. The molecule has 1 heterocycles. The van der Waals surface area contributed by atoms with Gasteiger partial charge in [-0.05, 0) is 25.5 Å². The zero-order chi connectivity index (χ0) is 18.7. The van der Waals surface area contributed by atoms with E-state index in [4.69, 9.17) is 9.47 Å². The third-order valence-corrected chi connectivity index (χ3v) is 4.31. The van der Waals surface area contributed by atoms with Gasteiger partial charge in [0.1, 0.15) is 11.2 Å². The number of hydrogen-bond acceptors (Lipinski definition) is 4. The van der Waals surface area contributed by atoms with E-state index in [1.807, 2.05) is 0 Å². The molecule has 0 radical (unpaired) electrons. The lowest BCUT2D eigenvalue weighted by atomic mass is 9.88. The number of benzene rings is 1. The first-order valence-electron chi connectivity index (χ1n) is 7.90. The van der Waals surface area contributed by atoms with Crippen LogP contribution in [0.25, 0.3) is 0 Å². The van der Waals surface area contributed by atoms with E-state index in [0.29, 0.717) is 0 Å². The van der Waals surface area contributed by atoms with E-state index in [1.54, 1.807) is 13.0 Å². The molecule has 1 saturated heterocycles. The number of para-hydroxylation sites is 1. The number of carboxylic acids is 1. The van der Waals surface area contributed by atoms with Gasteiger partial charge in [0.15, 0.2) is 0 Å². The highest BCUT2D eigenvalue weighted by atomic mass is 19.3. The molecule has 1 aliphatic rings. The van der Waals surface area contributed by atoms with E-state index in [0.717, 1.165) is 11.0 Å². The molecule has 138 valence electrons. The largest absolute Gasteiger partial charge is 0.493 e. The molecule has 1 aromatic carbocycles. The lowest BCUT2D eigenvalue weighted by Crippen LogP contribution is -2.44. The van der Waals surface area contributed by atoms with Gasteiger partial charge in [-0.3, -0.25) is 9.59 Å². The van der Waals surface area contributed by atoms with E-state index < -0.39 is 28.8 Å². The first-order valence-corrected chi connectivity index (χ1v) is 7.90. The number of halogens is 2. The Morgan fingerprint density at radius 1 is 1.36 bits per heavy atom. The van der Waals surface area contributed by atoms with Gasteiger partial charge < -0.3 is 19.5 Å². The lowest BCUT2D eigenvalue weighted by Gasteiger charge is -2.27. The predicted molar refractivity (Wildman–Crippen MR) is 84.6 cm³/mol. The molecule has 1 N–H and O–H groups in total. The maximum Gasteiger partial charge on any atom is 0.353 e. The van der Waals surface area contributed by atoms with Gasteiger partial charge in [-0.2, -0.15) is 8.78 Å². The van der Waals surface area contributed by atoms with Crippen LogP contribution in [0, 0.1) is 5.41 Å². The summed E-state index contributed by atoms with van der Waals surface area (Å²) in [4.78, 5) is 24.8. The first-order chi connectivity index (χ1) is 11.8. The highest BCUT2D eigenvalue weighted by molar-refractivity contribution is 5.87. The van der Waals surface area contributed by atoms with Crippen molar-refractivity contribution in [2.45, 2.75) is 19.3 Å². The van der Waals surface area contributed by atoms with Crippen LogP contribution in [0.1, 0.15) is 18.9 Å². The molecule has 6 nitrogen and oxygen atoms in total. The zero-order valence-corrected chi connectivity index (χ0v) is 14.1. The summed E-state index contributed by atoms with van der Waals surface area (Å²) >= 11 is 0. The van der Waals surface area contributed by atoms with Crippen molar-refractivity contribution < 1.29 is 33.0 Å². The summed E-state index contributed by atoms with van der Waals surface area (Å²) in [7, 11) is 1.34. The number of alkyl halides is 2. The molecule has 0 spiro atoms. The third-order valence-electron chi connectivity index (χ3n) is 4.31. The van der Waals surface area contributed by atoms with Gasteiger partial charge in [-0.15, -0.1) is 0 Å². The van der Waals surface area contributed by atoms with Crippen LogP contribution in [0.4, 0.5) is 8.78 Å². The van der Waals surface area contributed by atoms with Crippen LogP contribution >= 0.6 is 0 Å². The number of aliphatic carboxylic acids is 1. The molecule has 1 aliphatic heterocycles. The van der Waals surface area contributed by atoms with E-state index in [9.17, 15) is 23.5 Å². The molecular formula is C17H21F2NO5. The van der Waals surface area contributed by atoms with Gasteiger partial charge in [-0.25, -0.2) is 0 Å². The second-order valence-electron chi connectivity index (χ2n) is 6.00. The topological polar surface area (TPSA) is 76.1 Å². The van der Waals surface area contributed by atoms with Crippen LogP contribution < -0.4 is 4.74 Å². The van der Waals surface area contributed by atoms with Gasteiger partial charge >= 0.3 is 11.9 Å². The highest BCUT2D eigenvalue weighted by Gasteiger charge is 2.52. The summed E-state index contributed by atoms with van der Waals surface area (Å²) in [5, 5.41) is 9.40. The highest BCUT2D eigenvalue weighted by Crippen LogP contribution is 2.40. The van der Waals surface area contributed by atoms with Crippen LogP contribution in [-0.2, 0) is 20.2 Å². The number of nitrogens with zero attached hydrogens (tertiary/aromatic N) is 1. The Morgan fingerprint density at radius 3 is 2.64 bits per heavy atom. The average Bonchev–Trinajstić information content (AvgIpc) is 3.00. The number of carbonyl (C=O) groups is 2. The van der Waals surface area contributed by atoms with Gasteiger partial charge in [0, 0.05) is 20.2 Å².